The Morgan fingerprint density at radius 2 is 2.10 bits per heavy atom. The van der Waals surface area contributed by atoms with Crippen molar-refractivity contribution in [3.8, 4) is 0 Å². The van der Waals surface area contributed by atoms with Gasteiger partial charge in [-0.15, -0.1) is 11.3 Å². The molecule has 0 aromatic carbocycles. The van der Waals surface area contributed by atoms with E-state index in [2.05, 4.69) is 26.1 Å². The largest absolute Gasteiger partial charge is 0.313 e. The highest BCUT2D eigenvalue weighted by atomic mass is 32.2. The zero-order valence-corrected chi connectivity index (χ0v) is 14.1. The molecule has 4 unspecified atom stereocenters. The van der Waals surface area contributed by atoms with Crippen molar-refractivity contribution in [3.05, 3.63) is 17.5 Å². The van der Waals surface area contributed by atoms with E-state index in [4.69, 9.17) is 0 Å². The van der Waals surface area contributed by atoms with Crippen molar-refractivity contribution >= 4 is 21.2 Å². The maximum absolute atomic E-state index is 12.9. The van der Waals surface area contributed by atoms with E-state index in [0.29, 0.717) is 10.1 Å². The molecule has 0 bridgehead atoms. The van der Waals surface area contributed by atoms with Crippen molar-refractivity contribution in [1.82, 2.24) is 5.32 Å². The highest BCUT2D eigenvalue weighted by molar-refractivity contribution is 7.94. The van der Waals surface area contributed by atoms with Crippen LogP contribution in [0.15, 0.2) is 21.7 Å². The van der Waals surface area contributed by atoms with Gasteiger partial charge in [0.15, 0.2) is 9.84 Å². The Morgan fingerprint density at radius 3 is 2.70 bits per heavy atom. The van der Waals surface area contributed by atoms with E-state index >= 15 is 0 Å². The lowest BCUT2D eigenvalue weighted by Crippen LogP contribution is -2.51. The van der Waals surface area contributed by atoms with E-state index in [-0.39, 0.29) is 17.2 Å². The number of hydrogen-bond acceptors (Lipinski definition) is 4. The summed E-state index contributed by atoms with van der Waals surface area (Å²) in [5, 5.41) is 5.03. The zero-order chi connectivity index (χ0) is 14.8. The van der Waals surface area contributed by atoms with E-state index in [9.17, 15) is 8.42 Å². The lowest BCUT2D eigenvalue weighted by Gasteiger charge is -2.39. The molecule has 1 aromatic heterocycles. The fraction of sp³-hybridized carbons (Fsp3) is 0.733. The molecular weight excluding hydrogens is 290 g/mol. The summed E-state index contributed by atoms with van der Waals surface area (Å²) in [6, 6.07) is 3.64. The Bertz CT molecular complexity index is 510. The van der Waals surface area contributed by atoms with Crippen LogP contribution in [0, 0.1) is 11.8 Å². The molecule has 4 atom stereocenters. The summed E-state index contributed by atoms with van der Waals surface area (Å²) in [5.41, 5.74) is 0. The second kappa shape index (κ2) is 6.58. The Morgan fingerprint density at radius 1 is 1.35 bits per heavy atom. The Hall–Kier alpha value is -0.390. The number of rotatable bonds is 5. The maximum atomic E-state index is 12.9. The second-order valence-electron chi connectivity index (χ2n) is 6.06. The average molecular weight is 316 g/mol. The molecule has 1 saturated carbocycles. The van der Waals surface area contributed by atoms with E-state index in [1.807, 2.05) is 11.4 Å². The third-order valence-corrected chi connectivity index (χ3v) is 8.03. The van der Waals surface area contributed by atoms with Crippen LogP contribution in [0.1, 0.15) is 40.0 Å². The lowest BCUT2D eigenvalue weighted by molar-refractivity contribution is 0.242. The maximum Gasteiger partial charge on any atom is 0.192 e. The summed E-state index contributed by atoms with van der Waals surface area (Å²) in [7, 11) is -3.21. The first-order chi connectivity index (χ1) is 9.46. The molecule has 1 heterocycles. The smallest absolute Gasteiger partial charge is 0.192 e. The Kier molecular flexibility index (Phi) is 5.26. The van der Waals surface area contributed by atoms with Gasteiger partial charge in [0.1, 0.15) is 4.21 Å². The zero-order valence-electron chi connectivity index (χ0n) is 12.5. The topological polar surface area (TPSA) is 46.2 Å². The first-order valence-corrected chi connectivity index (χ1v) is 9.90. The summed E-state index contributed by atoms with van der Waals surface area (Å²) >= 11 is 1.34. The molecule has 1 aliphatic rings. The summed E-state index contributed by atoms with van der Waals surface area (Å²) in [6.45, 7) is 7.32. The SMILES string of the molecule is CCCNC1CC(C)CC(C)C1S(=O)(=O)c1cccs1. The molecule has 5 heteroatoms. The second-order valence-corrected chi connectivity index (χ2v) is 9.34. The first-order valence-electron chi connectivity index (χ1n) is 7.47. The molecule has 114 valence electrons. The molecule has 1 aromatic rings. The minimum atomic E-state index is -3.21. The fourth-order valence-electron chi connectivity index (χ4n) is 3.44. The van der Waals surface area contributed by atoms with E-state index in [0.717, 1.165) is 25.8 Å². The van der Waals surface area contributed by atoms with Crippen LogP contribution in [-0.4, -0.2) is 26.3 Å². The first kappa shape index (κ1) is 16.0. The summed E-state index contributed by atoms with van der Waals surface area (Å²) in [6.07, 6.45) is 2.99. The molecule has 0 aliphatic heterocycles. The lowest BCUT2D eigenvalue weighted by atomic mass is 9.80. The van der Waals surface area contributed by atoms with Crippen molar-refractivity contribution in [2.45, 2.75) is 55.5 Å². The molecule has 1 fully saturated rings. The van der Waals surface area contributed by atoms with Crippen LogP contribution in [0.3, 0.4) is 0 Å². The van der Waals surface area contributed by atoms with E-state index in [1.54, 1.807) is 6.07 Å². The molecule has 0 spiro atoms. The minimum Gasteiger partial charge on any atom is -0.313 e. The van der Waals surface area contributed by atoms with Crippen LogP contribution in [-0.2, 0) is 9.84 Å². The third-order valence-electron chi connectivity index (χ3n) is 4.18. The van der Waals surface area contributed by atoms with Crippen molar-refractivity contribution in [3.63, 3.8) is 0 Å². The average Bonchev–Trinajstić information content (AvgIpc) is 2.89. The van der Waals surface area contributed by atoms with Crippen molar-refractivity contribution in [2.75, 3.05) is 6.54 Å². The monoisotopic (exact) mass is 315 g/mol. The number of sulfone groups is 1. The highest BCUT2D eigenvalue weighted by Crippen LogP contribution is 2.37. The summed E-state index contributed by atoms with van der Waals surface area (Å²) in [4.78, 5) is 0. The van der Waals surface area contributed by atoms with Gasteiger partial charge in [-0.05, 0) is 49.1 Å². The molecule has 1 aliphatic carbocycles. The van der Waals surface area contributed by atoms with Crippen molar-refractivity contribution < 1.29 is 8.42 Å². The summed E-state index contributed by atoms with van der Waals surface area (Å²) in [5.74, 6) is 0.800. The standard InChI is InChI=1S/C15H25NO2S2/c1-4-7-16-13-10-11(2)9-12(3)15(13)20(17,18)14-6-5-8-19-14/h5-6,8,11-13,15-16H,4,7,9-10H2,1-3H3. The van der Waals surface area contributed by atoms with Crippen LogP contribution in [0.2, 0.25) is 0 Å². The number of thiophene rings is 1. The molecule has 2 rings (SSSR count). The minimum absolute atomic E-state index is 0.0841. The van der Waals surface area contributed by atoms with Gasteiger partial charge >= 0.3 is 0 Å². The van der Waals surface area contributed by atoms with Crippen LogP contribution in [0.5, 0.6) is 0 Å². The van der Waals surface area contributed by atoms with Gasteiger partial charge in [-0.2, -0.15) is 0 Å². The third kappa shape index (κ3) is 3.26. The predicted octanol–water partition coefficient (Wildman–Crippen LogP) is 3.32. The quantitative estimate of drug-likeness (QED) is 0.906. The number of hydrogen-bond donors (Lipinski definition) is 1. The molecule has 20 heavy (non-hydrogen) atoms. The predicted molar refractivity (Wildman–Crippen MR) is 84.9 cm³/mol. The Labute approximate surface area is 126 Å². The van der Waals surface area contributed by atoms with Crippen molar-refractivity contribution in [1.29, 1.82) is 0 Å². The highest BCUT2D eigenvalue weighted by Gasteiger charge is 2.43. The molecule has 0 radical (unpaired) electrons. The van der Waals surface area contributed by atoms with Gasteiger partial charge in [-0.25, -0.2) is 8.42 Å². The Balaban J connectivity index is 2.29. The van der Waals surface area contributed by atoms with Crippen LogP contribution < -0.4 is 5.32 Å². The fourth-order valence-corrected chi connectivity index (χ4v) is 6.82. The van der Waals surface area contributed by atoms with Gasteiger partial charge in [-0.1, -0.05) is 26.8 Å². The van der Waals surface area contributed by atoms with Crippen LogP contribution in [0.4, 0.5) is 0 Å². The number of nitrogens with one attached hydrogen (secondary N) is 1. The summed E-state index contributed by atoms with van der Waals surface area (Å²) < 4.78 is 26.3. The van der Waals surface area contributed by atoms with Gasteiger partial charge in [0, 0.05) is 6.04 Å². The molecule has 0 saturated heterocycles. The molecule has 3 nitrogen and oxygen atoms in total. The van der Waals surface area contributed by atoms with Gasteiger partial charge in [0.2, 0.25) is 0 Å². The van der Waals surface area contributed by atoms with E-state index < -0.39 is 9.84 Å². The van der Waals surface area contributed by atoms with Gasteiger partial charge in [0.25, 0.3) is 0 Å². The normalized spacial score (nSPS) is 31.4. The van der Waals surface area contributed by atoms with Crippen LogP contribution in [0.25, 0.3) is 0 Å². The molecular formula is C15H25NO2S2. The van der Waals surface area contributed by atoms with Crippen molar-refractivity contribution in [2.24, 2.45) is 11.8 Å². The van der Waals surface area contributed by atoms with E-state index in [1.165, 1.54) is 11.3 Å². The van der Waals surface area contributed by atoms with Crippen LogP contribution >= 0.6 is 11.3 Å². The molecule has 1 N–H and O–H groups in total. The van der Waals surface area contributed by atoms with Gasteiger partial charge < -0.3 is 5.32 Å². The van der Waals surface area contributed by atoms with Gasteiger partial charge in [0.05, 0.1) is 5.25 Å². The van der Waals surface area contributed by atoms with Gasteiger partial charge in [-0.3, -0.25) is 0 Å². The molecule has 0 amide bonds.